The van der Waals surface area contributed by atoms with E-state index in [0.29, 0.717) is 0 Å². The number of hydrogen-bond donors (Lipinski definition) is 1. The van der Waals surface area contributed by atoms with Gasteiger partial charge in [0.05, 0.1) is 0 Å². The van der Waals surface area contributed by atoms with Crippen molar-refractivity contribution in [2.45, 2.75) is 97.3 Å². The molecule has 1 unspecified atom stereocenters. The van der Waals surface area contributed by atoms with E-state index in [4.69, 9.17) is 5.11 Å². The number of aliphatic carboxylic acids is 1. The van der Waals surface area contributed by atoms with Gasteiger partial charge in [-0.15, -0.1) is 0 Å². The number of Topliss-reactive ketones (excluding diaryl/α,β-unsaturated/α-hetero) is 1. The monoisotopic (exact) mass is 324 g/mol. The standard InChI is InChI=1S/C20H36O3/c1-3-4-5-6-7-8-9-12-15-19(18(2)21)16-13-10-11-14-17-20(22)23/h12,15,19H,3-11,13-14,16-17H2,1-2H3,(H,22,23)/b15-12+. The molecule has 0 aliphatic carbocycles. The maximum absolute atomic E-state index is 11.7. The molecule has 0 rings (SSSR count). The number of unbranched alkanes of at least 4 members (excludes halogenated alkanes) is 9. The zero-order valence-corrected chi connectivity index (χ0v) is 15.2. The first-order valence-corrected chi connectivity index (χ1v) is 9.46. The number of carbonyl (C=O) groups is 2. The lowest BCUT2D eigenvalue weighted by atomic mass is 9.96. The minimum Gasteiger partial charge on any atom is -0.481 e. The van der Waals surface area contributed by atoms with Gasteiger partial charge in [0.25, 0.3) is 0 Å². The molecule has 0 amide bonds. The fourth-order valence-electron chi connectivity index (χ4n) is 2.73. The van der Waals surface area contributed by atoms with E-state index in [1.165, 1.54) is 38.5 Å². The zero-order chi connectivity index (χ0) is 17.3. The van der Waals surface area contributed by atoms with E-state index < -0.39 is 5.97 Å². The molecule has 0 aromatic heterocycles. The van der Waals surface area contributed by atoms with Crippen LogP contribution in [-0.2, 0) is 9.59 Å². The van der Waals surface area contributed by atoms with Gasteiger partial charge in [-0.2, -0.15) is 0 Å². The Kier molecular flexibility index (Phi) is 15.0. The molecule has 1 atom stereocenters. The number of hydrogen-bond acceptors (Lipinski definition) is 2. The van der Waals surface area contributed by atoms with Gasteiger partial charge in [-0.25, -0.2) is 0 Å². The second-order valence-electron chi connectivity index (χ2n) is 6.55. The van der Waals surface area contributed by atoms with E-state index in [9.17, 15) is 9.59 Å². The third-order valence-electron chi connectivity index (χ3n) is 4.27. The average Bonchev–Trinajstić information content (AvgIpc) is 2.50. The van der Waals surface area contributed by atoms with Gasteiger partial charge in [0.1, 0.15) is 5.78 Å². The highest BCUT2D eigenvalue weighted by molar-refractivity contribution is 5.79. The van der Waals surface area contributed by atoms with E-state index in [2.05, 4.69) is 19.1 Å². The molecule has 0 fully saturated rings. The molecule has 23 heavy (non-hydrogen) atoms. The van der Waals surface area contributed by atoms with E-state index in [1.807, 2.05) is 0 Å². The van der Waals surface area contributed by atoms with Crippen molar-refractivity contribution in [3.63, 3.8) is 0 Å². The van der Waals surface area contributed by atoms with Gasteiger partial charge >= 0.3 is 5.97 Å². The SMILES string of the molecule is CCCCCCCC/C=C/C(CCCCCCC(=O)O)C(C)=O. The lowest BCUT2D eigenvalue weighted by Gasteiger charge is -2.08. The zero-order valence-electron chi connectivity index (χ0n) is 15.2. The number of carboxylic acid groups (broad SMARTS) is 1. The van der Waals surface area contributed by atoms with Crippen LogP contribution in [-0.4, -0.2) is 16.9 Å². The Morgan fingerprint density at radius 2 is 1.52 bits per heavy atom. The van der Waals surface area contributed by atoms with Gasteiger partial charge in [0, 0.05) is 12.3 Å². The first kappa shape index (κ1) is 21.9. The maximum Gasteiger partial charge on any atom is 0.303 e. The van der Waals surface area contributed by atoms with Crippen LogP contribution in [0.5, 0.6) is 0 Å². The highest BCUT2D eigenvalue weighted by Crippen LogP contribution is 2.15. The van der Waals surface area contributed by atoms with Crippen LogP contribution in [0.15, 0.2) is 12.2 Å². The molecule has 0 saturated heterocycles. The van der Waals surface area contributed by atoms with Crippen molar-refractivity contribution in [1.29, 1.82) is 0 Å². The highest BCUT2D eigenvalue weighted by atomic mass is 16.4. The lowest BCUT2D eigenvalue weighted by Crippen LogP contribution is -2.07. The molecule has 0 aromatic carbocycles. The van der Waals surface area contributed by atoms with Crippen LogP contribution in [0.2, 0.25) is 0 Å². The van der Waals surface area contributed by atoms with Crippen molar-refractivity contribution in [1.82, 2.24) is 0 Å². The number of rotatable bonds is 16. The topological polar surface area (TPSA) is 54.4 Å². The predicted molar refractivity (Wildman–Crippen MR) is 96.6 cm³/mol. The summed E-state index contributed by atoms with van der Waals surface area (Å²) in [5.74, 6) is -0.423. The molecule has 0 saturated carbocycles. The molecule has 0 heterocycles. The second-order valence-corrected chi connectivity index (χ2v) is 6.55. The van der Waals surface area contributed by atoms with Crippen molar-refractivity contribution in [2.24, 2.45) is 5.92 Å². The van der Waals surface area contributed by atoms with Crippen molar-refractivity contribution < 1.29 is 14.7 Å². The van der Waals surface area contributed by atoms with E-state index in [0.717, 1.165) is 38.5 Å². The molecule has 0 spiro atoms. The maximum atomic E-state index is 11.7. The van der Waals surface area contributed by atoms with Gasteiger partial charge in [-0.1, -0.05) is 70.4 Å². The van der Waals surface area contributed by atoms with E-state index >= 15 is 0 Å². The van der Waals surface area contributed by atoms with Crippen LogP contribution in [0.4, 0.5) is 0 Å². The molecular formula is C20H36O3. The van der Waals surface area contributed by atoms with Crippen LogP contribution < -0.4 is 0 Å². The molecule has 0 radical (unpaired) electrons. The lowest BCUT2D eigenvalue weighted by molar-refractivity contribution is -0.137. The van der Waals surface area contributed by atoms with E-state index in [-0.39, 0.29) is 18.1 Å². The summed E-state index contributed by atoms with van der Waals surface area (Å²) in [4.78, 5) is 22.1. The minimum absolute atomic E-state index is 0.0505. The fraction of sp³-hybridized carbons (Fsp3) is 0.800. The molecule has 0 aliphatic heterocycles. The first-order valence-electron chi connectivity index (χ1n) is 9.46. The predicted octanol–water partition coefficient (Wildman–Crippen LogP) is 5.92. The first-order chi connectivity index (χ1) is 11.1. The van der Waals surface area contributed by atoms with E-state index in [1.54, 1.807) is 6.92 Å². The Morgan fingerprint density at radius 1 is 0.913 bits per heavy atom. The Morgan fingerprint density at radius 3 is 2.17 bits per heavy atom. The van der Waals surface area contributed by atoms with Crippen LogP contribution >= 0.6 is 0 Å². The average molecular weight is 325 g/mol. The number of carbonyl (C=O) groups excluding carboxylic acids is 1. The summed E-state index contributed by atoms with van der Waals surface area (Å²) in [5.41, 5.74) is 0. The van der Waals surface area contributed by atoms with Crippen molar-refractivity contribution in [2.75, 3.05) is 0 Å². The molecule has 0 aliphatic rings. The molecule has 0 aromatic rings. The van der Waals surface area contributed by atoms with Crippen molar-refractivity contribution in [3.05, 3.63) is 12.2 Å². The Hall–Kier alpha value is -1.12. The third kappa shape index (κ3) is 15.5. The summed E-state index contributed by atoms with van der Waals surface area (Å²) in [7, 11) is 0. The van der Waals surface area contributed by atoms with Crippen LogP contribution in [0.25, 0.3) is 0 Å². The van der Waals surface area contributed by atoms with Gasteiger partial charge < -0.3 is 5.11 Å². The number of ketones is 1. The summed E-state index contributed by atoms with van der Waals surface area (Å²) in [5, 5.41) is 8.58. The molecule has 134 valence electrons. The number of carboxylic acids is 1. The Labute approximate surface area is 142 Å². The molecule has 0 bridgehead atoms. The van der Waals surface area contributed by atoms with Crippen LogP contribution in [0.1, 0.15) is 97.3 Å². The summed E-state index contributed by atoms with van der Waals surface area (Å²) in [6, 6.07) is 0. The largest absolute Gasteiger partial charge is 0.481 e. The molecular weight excluding hydrogens is 288 g/mol. The normalized spacial score (nSPS) is 12.6. The summed E-state index contributed by atoms with van der Waals surface area (Å²) in [6.07, 6.45) is 18.0. The second kappa shape index (κ2) is 15.8. The Balaban J connectivity index is 3.70. The van der Waals surface area contributed by atoms with Crippen LogP contribution in [0, 0.1) is 5.92 Å². The molecule has 3 nitrogen and oxygen atoms in total. The number of allylic oxidation sites excluding steroid dienone is 2. The van der Waals surface area contributed by atoms with Crippen molar-refractivity contribution in [3.8, 4) is 0 Å². The van der Waals surface area contributed by atoms with Crippen molar-refractivity contribution >= 4 is 11.8 Å². The molecule has 1 N–H and O–H groups in total. The fourth-order valence-corrected chi connectivity index (χ4v) is 2.73. The quantitative estimate of drug-likeness (QED) is 0.283. The smallest absolute Gasteiger partial charge is 0.303 e. The third-order valence-corrected chi connectivity index (χ3v) is 4.27. The van der Waals surface area contributed by atoms with Gasteiger partial charge in [-0.3, -0.25) is 9.59 Å². The molecule has 3 heteroatoms. The summed E-state index contributed by atoms with van der Waals surface area (Å²) in [6.45, 7) is 3.90. The van der Waals surface area contributed by atoms with Gasteiger partial charge in [0.15, 0.2) is 0 Å². The van der Waals surface area contributed by atoms with Gasteiger partial charge in [-0.05, 0) is 32.6 Å². The van der Waals surface area contributed by atoms with Crippen LogP contribution in [0.3, 0.4) is 0 Å². The van der Waals surface area contributed by atoms with Gasteiger partial charge in [0.2, 0.25) is 0 Å². The summed E-state index contributed by atoms with van der Waals surface area (Å²) < 4.78 is 0. The minimum atomic E-state index is -0.718. The Bertz CT molecular complexity index is 334. The highest BCUT2D eigenvalue weighted by Gasteiger charge is 2.09. The summed E-state index contributed by atoms with van der Waals surface area (Å²) >= 11 is 0.